The molecule has 0 saturated heterocycles. The standard InChI is InChI=1S/C20H20F3N5O2/c1-30-18(29)10-2-5-13-14(8-25-16(13)6-10)17-15(20(21,22)23)9-26-19(28-17)27-12-4-3-11(24)7-12/h2,5-6,8-9,11-12,25H,3-4,7,24H2,1H3,(H,26,27,28)/t11-,12-/m0/s1. The maximum absolute atomic E-state index is 13.7. The number of alkyl halides is 3. The maximum atomic E-state index is 13.7. The van der Waals surface area contributed by atoms with E-state index >= 15 is 0 Å². The van der Waals surface area contributed by atoms with E-state index in [9.17, 15) is 18.0 Å². The Bertz CT molecular complexity index is 1100. The van der Waals surface area contributed by atoms with Crippen molar-refractivity contribution in [2.45, 2.75) is 37.5 Å². The fourth-order valence-corrected chi connectivity index (χ4v) is 3.76. The third-order valence-corrected chi connectivity index (χ3v) is 5.26. The van der Waals surface area contributed by atoms with Crippen molar-refractivity contribution in [2.24, 2.45) is 5.73 Å². The minimum Gasteiger partial charge on any atom is -0.465 e. The van der Waals surface area contributed by atoms with E-state index in [0.717, 1.165) is 19.0 Å². The number of rotatable bonds is 4. The molecule has 2 aromatic heterocycles. The molecule has 1 fully saturated rings. The smallest absolute Gasteiger partial charge is 0.419 e. The van der Waals surface area contributed by atoms with Gasteiger partial charge in [-0.2, -0.15) is 13.2 Å². The summed E-state index contributed by atoms with van der Waals surface area (Å²) in [7, 11) is 1.26. The van der Waals surface area contributed by atoms with Crippen LogP contribution in [0.3, 0.4) is 0 Å². The summed E-state index contributed by atoms with van der Waals surface area (Å²) >= 11 is 0. The molecule has 2 heterocycles. The van der Waals surface area contributed by atoms with Crippen molar-refractivity contribution in [3.05, 3.63) is 41.7 Å². The number of nitrogens with two attached hydrogens (primary N) is 1. The number of carbonyl (C=O) groups excluding carboxylic acids is 1. The number of ether oxygens (including phenoxy) is 1. The van der Waals surface area contributed by atoms with Crippen molar-refractivity contribution in [1.29, 1.82) is 0 Å². The summed E-state index contributed by atoms with van der Waals surface area (Å²) in [6.07, 6.45) is -0.0254. The van der Waals surface area contributed by atoms with Gasteiger partial charge < -0.3 is 20.8 Å². The van der Waals surface area contributed by atoms with Crippen LogP contribution in [0, 0.1) is 0 Å². The minimum atomic E-state index is -4.63. The average Bonchev–Trinajstić information content (AvgIpc) is 3.31. The molecule has 0 aliphatic heterocycles. The number of fused-ring (bicyclic) bond motifs is 1. The normalized spacial score (nSPS) is 19.2. The van der Waals surface area contributed by atoms with Gasteiger partial charge in [0.05, 0.1) is 18.4 Å². The first kappa shape index (κ1) is 20.1. The van der Waals surface area contributed by atoms with Crippen LogP contribution >= 0.6 is 0 Å². The number of benzene rings is 1. The Morgan fingerprint density at radius 1 is 1.33 bits per heavy atom. The van der Waals surface area contributed by atoms with E-state index in [2.05, 4.69) is 25.0 Å². The second kappa shape index (κ2) is 7.60. The van der Waals surface area contributed by atoms with Crippen LogP contribution in [-0.2, 0) is 10.9 Å². The van der Waals surface area contributed by atoms with Gasteiger partial charge in [-0.1, -0.05) is 6.07 Å². The van der Waals surface area contributed by atoms with E-state index in [1.165, 1.54) is 25.4 Å². The summed E-state index contributed by atoms with van der Waals surface area (Å²) in [4.78, 5) is 22.7. The van der Waals surface area contributed by atoms with Gasteiger partial charge in [-0.05, 0) is 31.4 Å². The SMILES string of the molecule is COC(=O)c1ccc2c(-c3nc(N[C@H]4CC[C@H](N)C4)ncc3C(F)(F)F)c[nH]c2c1. The minimum absolute atomic E-state index is 0.0233. The molecule has 30 heavy (non-hydrogen) atoms. The highest BCUT2D eigenvalue weighted by Gasteiger charge is 2.36. The number of aromatic amines is 1. The van der Waals surface area contributed by atoms with E-state index in [1.54, 1.807) is 6.07 Å². The third-order valence-electron chi connectivity index (χ3n) is 5.26. The van der Waals surface area contributed by atoms with E-state index in [0.29, 0.717) is 17.3 Å². The molecule has 1 aliphatic rings. The molecule has 4 rings (SSSR count). The maximum Gasteiger partial charge on any atom is 0.419 e. The highest BCUT2D eigenvalue weighted by molar-refractivity contribution is 6.00. The van der Waals surface area contributed by atoms with Crippen LogP contribution in [0.4, 0.5) is 19.1 Å². The second-order valence-corrected chi connectivity index (χ2v) is 7.32. The molecule has 0 amide bonds. The van der Waals surface area contributed by atoms with Gasteiger partial charge in [-0.15, -0.1) is 0 Å². The predicted octanol–water partition coefficient (Wildman–Crippen LogP) is 3.72. The number of hydrogen-bond donors (Lipinski definition) is 3. The Labute approximate surface area is 169 Å². The number of anilines is 1. The molecule has 1 saturated carbocycles. The molecule has 2 atom stereocenters. The van der Waals surface area contributed by atoms with Gasteiger partial charge >= 0.3 is 12.1 Å². The van der Waals surface area contributed by atoms with Crippen molar-refractivity contribution in [3.63, 3.8) is 0 Å². The van der Waals surface area contributed by atoms with Gasteiger partial charge in [0, 0.05) is 40.9 Å². The molecule has 7 nitrogen and oxygen atoms in total. The molecule has 0 spiro atoms. The number of hydrogen-bond acceptors (Lipinski definition) is 6. The molecule has 0 bridgehead atoms. The zero-order valence-corrected chi connectivity index (χ0v) is 16.1. The number of H-pyrrole nitrogens is 1. The van der Waals surface area contributed by atoms with Crippen molar-refractivity contribution in [2.75, 3.05) is 12.4 Å². The number of nitrogens with one attached hydrogen (secondary N) is 2. The summed E-state index contributed by atoms with van der Waals surface area (Å²) in [6.45, 7) is 0. The number of nitrogens with zero attached hydrogens (tertiary/aromatic N) is 2. The lowest BCUT2D eigenvalue weighted by molar-refractivity contribution is -0.137. The largest absolute Gasteiger partial charge is 0.465 e. The summed E-state index contributed by atoms with van der Waals surface area (Å²) in [6, 6.07) is 4.68. The number of carbonyl (C=O) groups is 1. The molecule has 0 unspecified atom stereocenters. The van der Waals surface area contributed by atoms with Gasteiger partial charge in [-0.3, -0.25) is 0 Å². The second-order valence-electron chi connectivity index (χ2n) is 7.32. The lowest BCUT2D eigenvalue weighted by atomic mass is 10.0. The summed E-state index contributed by atoms with van der Waals surface area (Å²) in [5.74, 6) is -0.412. The quantitative estimate of drug-likeness (QED) is 0.557. The molecule has 1 aromatic carbocycles. The van der Waals surface area contributed by atoms with Crippen LogP contribution in [0.15, 0.2) is 30.6 Å². The lowest BCUT2D eigenvalue weighted by Gasteiger charge is -2.16. The summed E-state index contributed by atoms with van der Waals surface area (Å²) in [5.41, 5.74) is 5.78. The van der Waals surface area contributed by atoms with E-state index in [-0.39, 0.29) is 34.9 Å². The average molecular weight is 419 g/mol. The first-order valence-electron chi connectivity index (χ1n) is 9.42. The van der Waals surface area contributed by atoms with Crippen LogP contribution in [0.25, 0.3) is 22.2 Å². The van der Waals surface area contributed by atoms with Crippen LogP contribution in [0.5, 0.6) is 0 Å². The Morgan fingerprint density at radius 2 is 2.13 bits per heavy atom. The van der Waals surface area contributed by atoms with Crippen molar-refractivity contribution in [1.82, 2.24) is 15.0 Å². The van der Waals surface area contributed by atoms with Gasteiger partial charge in [0.15, 0.2) is 0 Å². The van der Waals surface area contributed by atoms with Crippen molar-refractivity contribution in [3.8, 4) is 11.3 Å². The fraction of sp³-hybridized carbons (Fsp3) is 0.350. The topological polar surface area (TPSA) is 106 Å². The third kappa shape index (κ3) is 3.82. The van der Waals surface area contributed by atoms with Crippen LogP contribution in [0.1, 0.15) is 35.2 Å². The Hall–Kier alpha value is -3.14. The first-order chi connectivity index (χ1) is 14.3. The molecule has 10 heteroatoms. The van der Waals surface area contributed by atoms with Gasteiger partial charge in [0.2, 0.25) is 5.95 Å². The molecule has 0 radical (unpaired) electrons. The highest BCUT2D eigenvalue weighted by atomic mass is 19.4. The Morgan fingerprint density at radius 3 is 2.80 bits per heavy atom. The van der Waals surface area contributed by atoms with E-state index in [4.69, 9.17) is 5.73 Å². The number of esters is 1. The van der Waals surface area contributed by atoms with Crippen LogP contribution < -0.4 is 11.1 Å². The summed E-state index contributed by atoms with van der Waals surface area (Å²) < 4.78 is 45.7. The first-order valence-corrected chi connectivity index (χ1v) is 9.42. The zero-order chi connectivity index (χ0) is 21.5. The van der Waals surface area contributed by atoms with Crippen molar-refractivity contribution >= 4 is 22.8 Å². The number of halogens is 3. The number of methoxy groups -OCH3 is 1. The Balaban J connectivity index is 1.77. The van der Waals surface area contributed by atoms with Gasteiger partial charge in [0.25, 0.3) is 0 Å². The van der Waals surface area contributed by atoms with Crippen molar-refractivity contribution < 1.29 is 22.7 Å². The van der Waals surface area contributed by atoms with E-state index < -0.39 is 17.7 Å². The molecular formula is C20H20F3N5O2. The fourth-order valence-electron chi connectivity index (χ4n) is 3.76. The monoisotopic (exact) mass is 419 g/mol. The zero-order valence-electron chi connectivity index (χ0n) is 16.1. The molecule has 158 valence electrons. The summed E-state index contributed by atoms with van der Waals surface area (Å²) in [5, 5.41) is 3.59. The van der Waals surface area contributed by atoms with Crippen LogP contribution in [0.2, 0.25) is 0 Å². The van der Waals surface area contributed by atoms with Crippen LogP contribution in [-0.4, -0.2) is 40.1 Å². The molecular weight excluding hydrogens is 399 g/mol. The molecule has 4 N–H and O–H groups in total. The lowest BCUT2D eigenvalue weighted by Crippen LogP contribution is -2.22. The van der Waals surface area contributed by atoms with Gasteiger partial charge in [-0.25, -0.2) is 14.8 Å². The number of aromatic nitrogens is 3. The molecule has 3 aromatic rings. The highest BCUT2D eigenvalue weighted by Crippen LogP contribution is 2.39. The van der Waals surface area contributed by atoms with Gasteiger partial charge in [0.1, 0.15) is 5.56 Å². The Kier molecular flexibility index (Phi) is 5.10. The molecule has 1 aliphatic carbocycles. The van der Waals surface area contributed by atoms with E-state index in [1.807, 2.05) is 0 Å². The predicted molar refractivity (Wildman–Crippen MR) is 105 cm³/mol.